The highest BCUT2D eigenvalue weighted by atomic mass is 16.3. The number of nitrogens with one attached hydrogen (secondary N) is 3. The van der Waals surface area contributed by atoms with Crippen LogP contribution in [0.1, 0.15) is 20.8 Å². The van der Waals surface area contributed by atoms with Gasteiger partial charge in [0.25, 0.3) is 5.91 Å². The molecule has 20 heavy (non-hydrogen) atoms. The maximum Gasteiger partial charge on any atom is 0.251 e. The van der Waals surface area contributed by atoms with Crippen LogP contribution in [-0.2, 0) is 9.59 Å². The quantitative estimate of drug-likeness (QED) is 0.466. The fourth-order valence-corrected chi connectivity index (χ4v) is 2.28. The van der Waals surface area contributed by atoms with Gasteiger partial charge in [-0.2, -0.15) is 0 Å². The summed E-state index contributed by atoms with van der Waals surface area (Å²) >= 11 is 0. The summed E-state index contributed by atoms with van der Waals surface area (Å²) in [7, 11) is 0. The first kappa shape index (κ1) is 16.9. The van der Waals surface area contributed by atoms with Gasteiger partial charge in [-0.15, -0.1) is 0 Å². The molecule has 7 heteroatoms. The SMILES string of the molecule is CC(=O)N[C@@H](C)[C@H](O)C(=O)NC(C)CN1CCNCC1. The van der Waals surface area contributed by atoms with Crippen LogP contribution in [0.5, 0.6) is 0 Å². The largest absolute Gasteiger partial charge is 0.381 e. The summed E-state index contributed by atoms with van der Waals surface area (Å²) in [6, 6.07) is -0.640. The van der Waals surface area contributed by atoms with Crippen LogP contribution < -0.4 is 16.0 Å². The number of hydrogen-bond acceptors (Lipinski definition) is 5. The van der Waals surface area contributed by atoms with Gasteiger partial charge in [-0.25, -0.2) is 0 Å². The molecule has 0 aromatic rings. The summed E-state index contributed by atoms with van der Waals surface area (Å²) in [6.45, 7) is 9.48. The maximum absolute atomic E-state index is 11.9. The second-order valence-corrected chi connectivity index (χ2v) is 5.39. The number of hydrogen-bond donors (Lipinski definition) is 4. The van der Waals surface area contributed by atoms with Gasteiger partial charge in [0, 0.05) is 45.7 Å². The van der Waals surface area contributed by atoms with E-state index in [1.165, 1.54) is 6.92 Å². The van der Waals surface area contributed by atoms with Gasteiger partial charge in [0.1, 0.15) is 0 Å². The Balaban J connectivity index is 2.33. The van der Waals surface area contributed by atoms with Gasteiger partial charge in [0.15, 0.2) is 6.10 Å². The first-order chi connectivity index (χ1) is 9.40. The van der Waals surface area contributed by atoms with E-state index in [2.05, 4.69) is 20.9 Å². The lowest BCUT2D eigenvalue weighted by atomic mass is 10.1. The minimum absolute atomic E-state index is 0.0419. The molecule has 0 aliphatic carbocycles. The van der Waals surface area contributed by atoms with E-state index in [-0.39, 0.29) is 11.9 Å². The van der Waals surface area contributed by atoms with Crippen molar-refractivity contribution in [3.8, 4) is 0 Å². The standard InChI is InChI=1S/C13H26N4O3/c1-9(8-17-6-4-14-5-7-17)15-13(20)12(19)10(2)16-11(3)18/h9-10,12,14,19H,4-8H2,1-3H3,(H,15,20)(H,16,18)/t9?,10-,12-/m0/s1. The van der Waals surface area contributed by atoms with Gasteiger partial charge in [-0.1, -0.05) is 0 Å². The number of rotatable bonds is 6. The summed E-state index contributed by atoms with van der Waals surface area (Å²) in [5, 5.41) is 18.4. The number of amides is 2. The summed E-state index contributed by atoms with van der Waals surface area (Å²) in [5.74, 6) is -0.716. The number of carbonyl (C=O) groups is 2. The molecule has 116 valence electrons. The Kier molecular flexibility index (Phi) is 6.90. The molecule has 0 radical (unpaired) electrons. The van der Waals surface area contributed by atoms with Crippen LogP contribution in [0.25, 0.3) is 0 Å². The molecule has 0 bridgehead atoms. The lowest BCUT2D eigenvalue weighted by Crippen LogP contribution is -2.53. The zero-order chi connectivity index (χ0) is 15.1. The Morgan fingerprint density at radius 2 is 1.85 bits per heavy atom. The molecule has 0 aromatic heterocycles. The number of aliphatic hydroxyl groups excluding tert-OH is 1. The van der Waals surface area contributed by atoms with Gasteiger partial charge < -0.3 is 21.1 Å². The Hall–Kier alpha value is -1.18. The highest BCUT2D eigenvalue weighted by Crippen LogP contribution is 1.98. The lowest BCUT2D eigenvalue weighted by Gasteiger charge is -2.30. The lowest BCUT2D eigenvalue weighted by molar-refractivity contribution is -0.132. The fourth-order valence-electron chi connectivity index (χ4n) is 2.28. The predicted octanol–water partition coefficient (Wildman–Crippen LogP) is -1.72. The van der Waals surface area contributed by atoms with Crippen LogP contribution in [0.3, 0.4) is 0 Å². The van der Waals surface area contributed by atoms with Gasteiger partial charge in [-0.3, -0.25) is 14.5 Å². The second-order valence-electron chi connectivity index (χ2n) is 5.39. The highest BCUT2D eigenvalue weighted by molar-refractivity contribution is 5.82. The topological polar surface area (TPSA) is 93.7 Å². The van der Waals surface area contributed by atoms with Crippen molar-refractivity contribution in [2.24, 2.45) is 0 Å². The molecule has 0 saturated carbocycles. The van der Waals surface area contributed by atoms with Crippen LogP contribution in [0.2, 0.25) is 0 Å². The normalized spacial score (nSPS) is 20.8. The van der Waals surface area contributed by atoms with E-state index in [1.807, 2.05) is 6.92 Å². The minimum atomic E-state index is -1.23. The van der Waals surface area contributed by atoms with Crippen molar-refractivity contribution in [1.29, 1.82) is 0 Å². The van der Waals surface area contributed by atoms with E-state index in [9.17, 15) is 14.7 Å². The number of aliphatic hydroxyl groups is 1. The second kappa shape index (κ2) is 8.18. The van der Waals surface area contributed by atoms with Gasteiger partial charge >= 0.3 is 0 Å². The van der Waals surface area contributed by atoms with E-state index >= 15 is 0 Å². The molecular weight excluding hydrogens is 260 g/mol. The molecule has 1 unspecified atom stereocenters. The molecule has 4 N–H and O–H groups in total. The van der Waals surface area contributed by atoms with E-state index in [0.717, 1.165) is 32.7 Å². The average Bonchev–Trinajstić information content (AvgIpc) is 2.37. The summed E-state index contributed by atoms with van der Waals surface area (Å²) in [5.41, 5.74) is 0. The number of piperazine rings is 1. The third kappa shape index (κ3) is 5.85. The van der Waals surface area contributed by atoms with Crippen molar-refractivity contribution in [1.82, 2.24) is 20.9 Å². The van der Waals surface area contributed by atoms with Crippen LogP contribution in [-0.4, -0.2) is 72.7 Å². The molecule has 1 aliphatic rings. The van der Waals surface area contributed by atoms with Crippen molar-refractivity contribution >= 4 is 11.8 Å². The van der Waals surface area contributed by atoms with Crippen LogP contribution in [0.15, 0.2) is 0 Å². The maximum atomic E-state index is 11.9. The van der Waals surface area contributed by atoms with Crippen LogP contribution in [0, 0.1) is 0 Å². The zero-order valence-corrected chi connectivity index (χ0v) is 12.5. The zero-order valence-electron chi connectivity index (χ0n) is 12.5. The molecule has 1 rings (SSSR count). The van der Waals surface area contributed by atoms with E-state index in [0.29, 0.717) is 0 Å². The molecule has 0 spiro atoms. The molecule has 0 aromatic carbocycles. The van der Waals surface area contributed by atoms with E-state index in [4.69, 9.17) is 0 Å². The van der Waals surface area contributed by atoms with Crippen LogP contribution in [0.4, 0.5) is 0 Å². The van der Waals surface area contributed by atoms with Crippen molar-refractivity contribution in [2.75, 3.05) is 32.7 Å². The smallest absolute Gasteiger partial charge is 0.251 e. The molecule has 1 saturated heterocycles. The Labute approximate surface area is 120 Å². The van der Waals surface area contributed by atoms with E-state index in [1.54, 1.807) is 6.92 Å². The molecule has 1 heterocycles. The van der Waals surface area contributed by atoms with Crippen molar-refractivity contribution in [3.05, 3.63) is 0 Å². The third-order valence-corrected chi connectivity index (χ3v) is 3.30. The van der Waals surface area contributed by atoms with Gasteiger partial charge in [0.2, 0.25) is 5.91 Å². The predicted molar refractivity (Wildman–Crippen MR) is 76.2 cm³/mol. The molecule has 1 fully saturated rings. The fraction of sp³-hybridized carbons (Fsp3) is 0.846. The van der Waals surface area contributed by atoms with Crippen molar-refractivity contribution < 1.29 is 14.7 Å². The van der Waals surface area contributed by atoms with Crippen molar-refractivity contribution in [2.45, 2.75) is 39.0 Å². The minimum Gasteiger partial charge on any atom is -0.381 e. The summed E-state index contributed by atoms with van der Waals surface area (Å²) < 4.78 is 0. The Bertz CT molecular complexity index is 332. The van der Waals surface area contributed by atoms with Gasteiger partial charge in [0.05, 0.1) is 6.04 Å². The van der Waals surface area contributed by atoms with Crippen LogP contribution >= 0.6 is 0 Å². The summed E-state index contributed by atoms with van der Waals surface area (Å²) in [4.78, 5) is 25.0. The molecule has 2 amide bonds. The monoisotopic (exact) mass is 286 g/mol. The van der Waals surface area contributed by atoms with Gasteiger partial charge in [-0.05, 0) is 13.8 Å². The highest BCUT2D eigenvalue weighted by Gasteiger charge is 2.24. The molecule has 3 atom stereocenters. The third-order valence-electron chi connectivity index (χ3n) is 3.30. The molecular formula is C13H26N4O3. The van der Waals surface area contributed by atoms with Crippen molar-refractivity contribution in [3.63, 3.8) is 0 Å². The number of carbonyl (C=O) groups excluding carboxylic acids is 2. The Morgan fingerprint density at radius 3 is 2.40 bits per heavy atom. The first-order valence-corrected chi connectivity index (χ1v) is 7.08. The number of nitrogens with zero attached hydrogens (tertiary/aromatic N) is 1. The summed E-state index contributed by atoms with van der Waals surface area (Å²) in [6.07, 6.45) is -1.23. The first-order valence-electron chi connectivity index (χ1n) is 7.08. The average molecular weight is 286 g/mol. The molecule has 1 aliphatic heterocycles. The molecule has 7 nitrogen and oxygen atoms in total. The van der Waals surface area contributed by atoms with E-state index < -0.39 is 18.1 Å². The Morgan fingerprint density at radius 1 is 1.25 bits per heavy atom.